The van der Waals surface area contributed by atoms with Gasteiger partial charge >= 0.3 is 5.97 Å². The van der Waals surface area contributed by atoms with E-state index in [2.05, 4.69) is 0 Å². The first-order valence-electron chi connectivity index (χ1n) is 5.69. The van der Waals surface area contributed by atoms with Crippen molar-refractivity contribution >= 4 is 23.7 Å². The Hall–Kier alpha value is -1.92. The third-order valence-corrected chi connectivity index (χ3v) is 2.81. The molecule has 18 heavy (non-hydrogen) atoms. The standard InChI is InChI=1S/C11H16N2O5/c1-4-8(12(3)7(2)14)11(17)18-13-9(15)5-6-10(13)16/h8H,4-6H2,1-3H3. The van der Waals surface area contributed by atoms with Crippen molar-refractivity contribution in [1.29, 1.82) is 0 Å². The van der Waals surface area contributed by atoms with E-state index in [-0.39, 0.29) is 18.7 Å². The number of hydroxylamine groups is 2. The van der Waals surface area contributed by atoms with E-state index < -0.39 is 23.8 Å². The summed E-state index contributed by atoms with van der Waals surface area (Å²) >= 11 is 0. The van der Waals surface area contributed by atoms with Crippen LogP contribution in [0.1, 0.15) is 33.1 Å². The molecule has 0 aromatic carbocycles. The van der Waals surface area contributed by atoms with Gasteiger partial charge in [0.05, 0.1) is 0 Å². The van der Waals surface area contributed by atoms with Gasteiger partial charge in [-0.1, -0.05) is 6.92 Å². The monoisotopic (exact) mass is 256 g/mol. The molecule has 1 fully saturated rings. The lowest BCUT2D eigenvalue weighted by Crippen LogP contribution is -2.45. The maximum absolute atomic E-state index is 11.8. The fourth-order valence-electron chi connectivity index (χ4n) is 1.63. The molecular formula is C11H16N2O5. The van der Waals surface area contributed by atoms with E-state index in [9.17, 15) is 19.2 Å². The van der Waals surface area contributed by atoms with Crippen molar-refractivity contribution in [3.8, 4) is 0 Å². The van der Waals surface area contributed by atoms with Crippen molar-refractivity contribution in [3.05, 3.63) is 0 Å². The third kappa shape index (κ3) is 2.85. The minimum atomic E-state index is -0.802. The van der Waals surface area contributed by atoms with Crippen molar-refractivity contribution in [2.75, 3.05) is 7.05 Å². The number of nitrogens with zero attached hydrogens (tertiary/aromatic N) is 2. The predicted octanol–water partition coefficient (Wildman–Crippen LogP) is -0.150. The van der Waals surface area contributed by atoms with Crippen LogP contribution in [-0.2, 0) is 24.0 Å². The number of rotatable bonds is 4. The SMILES string of the molecule is CCC(C(=O)ON1C(=O)CCC1=O)N(C)C(C)=O. The molecule has 0 aromatic heterocycles. The number of hydrogen-bond acceptors (Lipinski definition) is 5. The molecule has 0 N–H and O–H groups in total. The van der Waals surface area contributed by atoms with Gasteiger partial charge in [-0.2, -0.15) is 0 Å². The quantitative estimate of drug-likeness (QED) is 0.653. The third-order valence-electron chi connectivity index (χ3n) is 2.81. The van der Waals surface area contributed by atoms with Crippen LogP contribution >= 0.6 is 0 Å². The van der Waals surface area contributed by atoms with E-state index in [1.54, 1.807) is 6.92 Å². The van der Waals surface area contributed by atoms with Gasteiger partial charge in [-0.15, -0.1) is 5.06 Å². The average molecular weight is 256 g/mol. The molecule has 0 saturated carbocycles. The summed E-state index contributed by atoms with van der Waals surface area (Å²) in [5.74, 6) is -2.14. The average Bonchev–Trinajstić information content (AvgIpc) is 2.61. The fourth-order valence-corrected chi connectivity index (χ4v) is 1.63. The maximum atomic E-state index is 11.8. The molecular weight excluding hydrogens is 240 g/mol. The van der Waals surface area contributed by atoms with E-state index >= 15 is 0 Å². The first kappa shape index (κ1) is 14.1. The van der Waals surface area contributed by atoms with E-state index in [0.29, 0.717) is 11.5 Å². The lowest BCUT2D eigenvalue weighted by molar-refractivity contribution is -0.201. The van der Waals surface area contributed by atoms with Crippen LogP contribution in [0.15, 0.2) is 0 Å². The summed E-state index contributed by atoms with van der Waals surface area (Å²) in [4.78, 5) is 51.5. The first-order valence-corrected chi connectivity index (χ1v) is 5.69. The molecule has 1 heterocycles. The Balaban J connectivity index is 2.71. The molecule has 0 aliphatic carbocycles. The Kier molecular flexibility index (Phi) is 4.41. The Labute approximate surface area is 105 Å². The molecule has 0 aromatic rings. The second-order valence-electron chi connectivity index (χ2n) is 4.05. The number of carbonyl (C=O) groups is 4. The molecule has 1 aliphatic rings. The van der Waals surface area contributed by atoms with Crippen LogP contribution in [0.4, 0.5) is 0 Å². The fraction of sp³-hybridized carbons (Fsp3) is 0.636. The second kappa shape index (κ2) is 5.61. The van der Waals surface area contributed by atoms with Gasteiger partial charge < -0.3 is 9.74 Å². The van der Waals surface area contributed by atoms with Gasteiger partial charge in [0.1, 0.15) is 6.04 Å². The predicted molar refractivity (Wildman–Crippen MR) is 59.7 cm³/mol. The molecule has 7 heteroatoms. The van der Waals surface area contributed by atoms with Gasteiger partial charge in [0.15, 0.2) is 0 Å². The molecule has 1 unspecified atom stereocenters. The highest BCUT2D eigenvalue weighted by Crippen LogP contribution is 2.14. The van der Waals surface area contributed by atoms with Crippen LogP contribution < -0.4 is 0 Å². The van der Waals surface area contributed by atoms with Gasteiger partial charge in [-0.05, 0) is 6.42 Å². The normalized spacial score (nSPS) is 16.7. The van der Waals surface area contributed by atoms with Gasteiger partial charge in [0.2, 0.25) is 5.91 Å². The van der Waals surface area contributed by atoms with Gasteiger partial charge in [0.25, 0.3) is 11.8 Å². The number of amides is 3. The Morgan fingerprint density at radius 1 is 1.33 bits per heavy atom. The molecule has 7 nitrogen and oxygen atoms in total. The van der Waals surface area contributed by atoms with E-state index in [4.69, 9.17) is 4.84 Å². The molecule has 1 atom stereocenters. The van der Waals surface area contributed by atoms with Gasteiger partial charge in [-0.3, -0.25) is 14.4 Å². The van der Waals surface area contributed by atoms with Crippen LogP contribution in [0.25, 0.3) is 0 Å². The highest BCUT2D eigenvalue weighted by Gasteiger charge is 2.35. The van der Waals surface area contributed by atoms with Gasteiger partial charge in [0, 0.05) is 26.8 Å². The van der Waals surface area contributed by atoms with Crippen LogP contribution in [0.5, 0.6) is 0 Å². The summed E-state index contributed by atoms with van der Waals surface area (Å²) in [5, 5.41) is 0.485. The van der Waals surface area contributed by atoms with E-state index in [0.717, 1.165) is 0 Å². The molecule has 1 saturated heterocycles. The van der Waals surface area contributed by atoms with Crippen LogP contribution in [-0.4, -0.2) is 46.7 Å². The minimum absolute atomic E-state index is 0.0471. The molecule has 1 aliphatic heterocycles. The molecule has 3 amide bonds. The van der Waals surface area contributed by atoms with Gasteiger partial charge in [-0.25, -0.2) is 4.79 Å². The highest BCUT2D eigenvalue weighted by molar-refractivity contribution is 6.01. The maximum Gasteiger partial charge on any atom is 0.355 e. The summed E-state index contributed by atoms with van der Waals surface area (Å²) in [6.45, 7) is 3.03. The van der Waals surface area contributed by atoms with Crippen LogP contribution in [0.2, 0.25) is 0 Å². The summed E-state index contributed by atoms with van der Waals surface area (Å²) in [5.41, 5.74) is 0. The number of likely N-dealkylation sites (N-methyl/N-ethyl adjacent to an activating group) is 1. The summed E-state index contributed by atoms with van der Waals surface area (Å²) < 4.78 is 0. The van der Waals surface area contributed by atoms with Crippen molar-refractivity contribution in [2.24, 2.45) is 0 Å². The van der Waals surface area contributed by atoms with Crippen molar-refractivity contribution < 1.29 is 24.0 Å². The molecule has 0 spiro atoms. The van der Waals surface area contributed by atoms with E-state index in [1.807, 2.05) is 0 Å². The largest absolute Gasteiger partial charge is 0.355 e. The number of imide groups is 1. The summed E-state index contributed by atoms with van der Waals surface area (Å²) in [7, 11) is 1.46. The zero-order valence-electron chi connectivity index (χ0n) is 10.6. The second-order valence-corrected chi connectivity index (χ2v) is 4.05. The number of carbonyl (C=O) groups excluding carboxylic acids is 4. The van der Waals surface area contributed by atoms with Crippen molar-refractivity contribution in [1.82, 2.24) is 9.96 Å². The minimum Gasteiger partial charge on any atom is -0.332 e. The first-order chi connectivity index (χ1) is 8.38. The Bertz CT molecular complexity index is 377. The van der Waals surface area contributed by atoms with Crippen LogP contribution in [0, 0.1) is 0 Å². The zero-order chi connectivity index (χ0) is 13.9. The molecule has 0 radical (unpaired) electrons. The lowest BCUT2D eigenvalue weighted by atomic mass is 10.2. The summed E-state index contributed by atoms with van der Waals surface area (Å²) in [6, 6.07) is -0.802. The Morgan fingerprint density at radius 3 is 2.22 bits per heavy atom. The molecule has 0 bridgehead atoms. The van der Waals surface area contributed by atoms with Crippen molar-refractivity contribution in [3.63, 3.8) is 0 Å². The van der Waals surface area contributed by atoms with E-state index in [1.165, 1.54) is 18.9 Å². The van der Waals surface area contributed by atoms with Crippen molar-refractivity contribution in [2.45, 2.75) is 39.2 Å². The van der Waals surface area contributed by atoms with Crippen LogP contribution in [0.3, 0.4) is 0 Å². The molecule has 1 rings (SSSR count). The number of hydrogen-bond donors (Lipinski definition) is 0. The summed E-state index contributed by atoms with van der Waals surface area (Å²) in [6.07, 6.45) is 0.433. The lowest BCUT2D eigenvalue weighted by Gasteiger charge is -2.25. The Morgan fingerprint density at radius 2 is 1.83 bits per heavy atom. The molecule has 100 valence electrons. The topological polar surface area (TPSA) is 84.0 Å². The smallest absolute Gasteiger partial charge is 0.332 e. The highest BCUT2D eigenvalue weighted by atomic mass is 16.7. The zero-order valence-corrected chi connectivity index (χ0v) is 10.6.